The summed E-state index contributed by atoms with van der Waals surface area (Å²) in [6, 6.07) is 20.0. The van der Waals surface area contributed by atoms with Crippen LogP contribution in [0, 0.1) is 8.99 Å². The number of rotatable bonds is 7. The summed E-state index contributed by atoms with van der Waals surface area (Å²) in [5, 5.41) is 15.5. The Morgan fingerprint density at radius 1 is 1.03 bits per heavy atom. The number of alkyl carbamates (subject to hydrolysis) is 1. The van der Waals surface area contributed by atoms with Crippen LogP contribution in [0.2, 0.25) is 0 Å². The number of hydrogen-bond acceptors (Lipinski definition) is 6. The number of amides is 3. The van der Waals surface area contributed by atoms with Crippen LogP contribution < -0.4 is 16.4 Å². The molecule has 1 atom stereocenters. The number of ether oxygens (including phenoxy) is 1. The number of phenols is 1. The minimum absolute atomic E-state index is 0.0920. The van der Waals surface area contributed by atoms with Gasteiger partial charge in [0.2, 0.25) is 5.91 Å². The molecule has 0 saturated carbocycles. The number of nitrogen functional groups attached to an aromatic ring is 1. The molecular weight excluding hydrogens is 573 g/mol. The number of nitrogens with two attached hydrogens (primary N) is 1. The van der Waals surface area contributed by atoms with E-state index in [0.717, 1.165) is 3.57 Å². The predicted molar refractivity (Wildman–Crippen MR) is 146 cm³/mol. The van der Waals surface area contributed by atoms with E-state index >= 15 is 0 Å². The van der Waals surface area contributed by atoms with Crippen LogP contribution >= 0.6 is 22.6 Å². The molecule has 0 heterocycles. The van der Waals surface area contributed by atoms with Crippen molar-refractivity contribution in [1.82, 2.24) is 5.32 Å². The van der Waals surface area contributed by atoms with Crippen LogP contribution in [-0.4, -0.2) is 23.0 Å². The van der Waals surface area contributed by atoms with Crippen LogP contribution in [0.5, 0.6) is 5.75 Å². The molecule has 0 aliphatic rings. The lowest BCUT2D eigenvalue weighted by atomic mass is 9.81. The fraction of sp³-hybridized carbons (Fsp3) is 0.148. The molecule has 3 amide bonds. The Morgan fingerprint density at radius 3 is 2.39 bits per heavy atom. The zero-order valence-corrected chi connectivity index (χ0v) is 21.9. The van der Waals surface area contributed by atoms with Gasteiger partial charge < -0.3 is 20.9 Å². The first-order chi connectivity index (χ1) is 17.1. The van der Waals surface area contributed by atoms with Gasteiger partial charge in [0.1, 0.15) is 11.9 Å². The fourth-order valence-electron chi connectivity index (χ4n) is 3.41. The summed E-state index contributed by atoms with van der Waals surface area (Å²) >= 11 is 2.08. The minimum atomic E-state index is -1.04. The molecule has 0 unspecified atom stereocenters. The average molecular weight is 599 g/mol. The monoisotopic (exact) mass is 599 g/mol. The molecule has 0 aliphatic carbocycles. The summed E-state index contributed by atoms with van der Waals surface area (Å²) < 4.78 is 6.46. The molecule has 0 spiro atoms. The molecule has 0 radical (unpaired) electrons. The first-order valence-electron chi connectivity index (χ1n) is 11.0. The van der Waals surface area contributed by atoms with E-state index in [4.69, 9.17) is 10.5 Å². The summed E-state index contributed by atoms with van der Waals surface area (Å²) in [6.07, 6.45) is 0.843. The Kier molecular flexibility index (Phi) is 8.70. The molecule has 8 nitrogen and oxygen atoms in total. The quantitative estimate of drug-likeness (QED) is 0.163. The van der Waals surface area contributed by atoms with Gasteiger partial charge in [-0.2, -0.15) is 0 Å². The van der Waals surface area contributed by atoms with Crippen molar-refractivity contribution in [3.05, 3.63) is 99.6 Å². The predicted octanol–water partition coefficient (Wildman–Crippen LogP) is 5.41. The third-order valence-corrected chi connectivity index (χ3v) is 5.98. The number of halogens is 1. The SMILES string of the molecule is CC(C)(/C=C/C(=O)Nc1ccccc1N)[C@H](OC(=O)NC(=O)c1ccccc1)c1cc(I)ccc1O. The lowest BCUT2D eigenvalue weighted by Gasteiger charge is -2.32. The summed E-state index contributed by atoms with van der Waals surface area (Å²) in [6.45, 7) is 3.48. The topological polar surface area (TPSA) is 131 Å². The van der Waals surface area contributed by atoms with E-state index in [-0.39, 0.29) is 5.75 Å². The Labute approximate surface area is 222 Å². The van der Waals surface area contributed by atoms with Crippen molar-refractivity contribution in [3.63, 3.8) is 0 Å². The van der Waals surface area contributed by atoms with Crippen molar-refractivity contribution >= 4 is 51.9 Å². The molecule has 5 N–H and O–H groups in total. The van der Waals surface area contributed by atoms with Gasteiger partial charge in [-0.05, 0) is 71.1 Å². The van der Waals surface area contributed by atoms with E-state index < -0.39 is 29.4 Å². The normalized spacial score (nSPS) is 12.1. The van der Waals surface area contributed by atoms with E-state index in [2.05, 4.69) is 33.2 Å². The third kappa shape index (κ3) is 7.08. The molecule has 3 aromatic rings. The second-order valence-electron chi connectivity index (χ2n) is 8.54. The van der Waals surface area contributed by atoms with Crippen molar-refractivity contribution < 1.29 is 24.2 Å². The summed E-state index contributed by atoms with van der Waals surface area (Å²) in [5.74, 6) is -1.15. The highest BCUT2D eigenvalue weighted by Crippen LogP contribution is 2.42. The molecule has 9 heteroatoms. The molecular formula is C27H26IN3O5. The van der Waals surface area contributed by atoms with E-state index in [1.165, 1.54) is 12.1 Å². The zero-order valence-electron chi connectivity index (χ0n) is 19.7. The maximum Gasteiger partial charge on any atom is 0.414 e. The van der Waals surface area contributed by atoms with Crippen molar-refractivity contribution in [1.29, 1.82) is 0 Å². The minimum Gasteiger partial charge on any atom is -0.508 e. The molecule has 3 rings (SSSR count). The van der Waals surface area contributed by atoms with Gasteiger partial charge in [-0.3, -0.25) is 14.9 Å². The number of carbonyl (C=O) groups excluding carboxylic acids is 3. The van der Waals surface area contributed by atoms with Gasteiger partial charge in [-0.25, -0.2) is 4.79 Å². The highest BCUT2D eigenvalue weighted by atomic mass is 127. The summed E-state index contributed by atoms with van der Waals surface area (Å²) in [4.78, 5) is 37.7. The largest absolute Gasteiger partial charge is 0.508 e. The molecule has 186 valence electrons. The summed E-state index contributed by atoms with van der Waals surface area (Å²) in [5.41, 5.74) is 6.41. The molecule has 0 bridgehead atoms. The number of imide groups is 1. The number of nitrogens with one attached hydrogen (secondary N) is 2. The van der Waals surface area contributed by atoms with Gasteiger partial charge in [0.05, 0.1) is 11.4 Å². The van der Waals surface area contributed by atoms with Crippen molar-refractivity contribution in [2.24, 2.45) is 5.41 Å². The molecule has 0 fully saturated rings. The van der Waals surface area contributed by atoms with Crippen molar-refractivity contribution in [2.75, 3.05) is 11.1 Å². The molecule has 0 saturated heterocycles. The van der Waals surface area contributed by atoms with Gasteiger partial charge in [0.25, 0.3) is 5.91 Å². The zero-order chi connectivity index (χ0) is 26.3. The Balaban J connectivity index is 1.84. The number of anilines is 2. The van der Waals surface area contributed by atoms with Crippen LogP contribution in [0.25, 0.3) is 0 Å². The molecule has 0 aromatic heterocycles. The van der Waals surface area contributed by atoms with E-state index in [1.54, 1.807) is 86.7 Å². The first kappa shape index (κ1) is 26.7. The molecule has 36 heavy (non-hydrogen) atoms. The number of para-hydroxylation sites is 2. The lowest BCUT2D eigenvalue weighted by molar-refractivity contribution is -0.112. The van der Waals surface area contributed by atoms with E-state index in [9.17, 15) is 19.5 Å². The highest BCUT2D eigenvalue weighted by Gasteiger charge is 2.35. The smallest absolute Gasteiger partial charge is 0.414 e. The van der Waals surface area contributed by atoms with Crippen LogP contribution in [0.4, 0.5) is 16.2 Å². The van der Waals surface area contributed by atoms with Crippen molar-refractivity contribution in [3.8, 4) is 5.75 Å². The Morgan fingerprint density at radius 2 is 1.69 bits per heavy atom. The standard InChI is InChI=1S/C27H26IN3O5/c1-27(2,15-14-23(33)30-21-11-7-6-10-20(21)29)24(19-16-18(28)12-13-22(19)32)36-26(35)31-25(34)17-8-4-3-5-9-17/h3-16,24,32H,29H2,1-2H3,(H,30,33)(H,31,34,35)/b15-14+/t24-/m1/s1. The maximum atomic E-state index is 12.7. The van der Waals surface area contributed by atoms with Gasteiger partial charge in [-0.1, -0.05) is 50.3 Å². The van der Waals surface area contributed by atoms with Crippen LogP contribution in [0.15, 0.2) is 84.9 Å². The van der Waals surface area contributed by atoms with Gasteiger partial charge in [-0.15, -0.1) is 0 Å². The number of carbonyl (C=O) groups is 3. The van der Waals surface area contributed by atoms with Gasteiger partial charge in [0.15, 0.2) is 0 Å². The van der Waals surface area contributed by atoms with E-state index in [0.29, 0.717) is 22.5 Å². The number of aromatic hydroxyl groups is 1. The first-order valence-corrected chi connectivity index (χ1v) is 12.0. The van der Waals surface area contributed by atoms with Crippen molar-refractivity contribution in [2.45, 2.75) is 20.0 Å². The molecule has 3 aromatic carbocycles. The Hall–Kier alpha value is -3.86. The third-order valence-electron chi connectivity index (χ3n) is 5.31. The van der Waals surface area contributed by atoms with Crippen LogP contribution in [0.3, 0.4) is 0 Å². The second-order valence-corrected chi connectivity index (χ2v) is 9.79. The maximum absolute atomic E-state index is 12.7. The van der Waals surface area contributed by atoms with Crippen LogP contribution in [-0.2, 0) is 9.53 Å². The summed E-state index contributed by atoms with van der Waals surface area (Å²) in [7, 11) is 0. The fourth-order valence-corrected chi connectivity index (χ4v) is 3.92. The highest BCUT2D eigenvalue weighted by molar-refractivity contribution is 14.1. The van der Waals surface area contributed by atoms with Crippen LogP contribution in [0.1, 0.15) is 35.9 Å². The van der Waals surface area contributed by atoms with Gasteiger partial charge >= 0.3 is 6.09 Å². The van der Waals surface area contributed by atoms with Gasteiger partial charge in [0, 0.05) is 20.1 Å². The second kappa shape index (κ2) is 11.7. The average Bonchev–Trinajstić information content (AvgIpc) is 2.85. The molecule has 0 aliphatic heterocycles. The Bertz CT molecular complexity index is 1290. The van der Waals surface area contributed by atoms with E-state index in [1.807, 2.05) is 0 Å². The number of benzene rings is 3. The number of hydrogen-bond donors (Lipinski definition) is 4. The lowest BCUT2D eigenvalue weighted by Crippen LogP contribution is -2.35. The number of phenolic OH excluding ortho intramolecular Hbond substituents is 1.